The molecule has 2 nitrogen and oxygen atoms in total. The van der Waals surface area contributed by atoms with E-state index in [9.17, 15) is 9.90 Å². The van der Waals surface area contributed by atoms with Crippen LogP contribution in [0.3, 0.4) is 0 Å². The van der Waals surface area contributed by atoms with Crippen LogP contribution in [-0.4, -0.2) is 17.0 Å². The maximum absolute atomic E-state index is 12.1. The van der Waals surface area contributed by atoms with E-state index < -0.39 is 0 Å². The van der Waals surface area contributed by atoms with E-state index in [1.165, 1.54) is 25.7 Å². The molecule has 4 saturated carbocycles. The van der Waals surface area contributed by atoms with Crippen molar-refractivity contribution in [2.24, 2.45) is 46.3 Å². The predicted molar refractivity (Wildman–Crippen MR) is 96.5 cm³/mol. The second-order valence-corrected chi connectivity index (χ2v) is 10.5. The van der Waals surface area contributed by atoms with Crippen molar-refractivity contribution in [1.29, 1.82) is 0 Å². The molecule has 0 heterocycles. The molecule has 0 aromatic carbocycles. The van der Waals surface area contributed by atoms with Crippen molar-refractivity contribution in [2.75, 3.05) is 0 Å². The molecule has 4 rings (SSSR count). The number of aliphatic hydroxyl groups is 1. The molecule has 8 atom stereocenters. The molecule has 0 radical (unpaired) electrons. The van der Waals surface area contributed by atoms with Gasteiger partial charge in [-0.2, -0.15) is 0 Å². The van der Waals surface area contributed by atoms with Crippen LogP contribution in [0.1, 0.15) is 79.1 Å². The molecule has 0 bridgehead atoms. The molecule has 0 unspecified atom stereocenters. The van der Waals surface area contributed by atoms with Gasteiger partial charge in [-0.05, 0) is 84.9 Å². The second kappa shape index (κ2) is 5.56. The van der Waals surface area contributed by atoms with Gasteiger partial charge in [-0.15, -0.1) is 0 Å². The molecule has 2 heteroatoms. The number of Topliss-reactive ketones (excluding diaryl/α,β-unsaturated/α-hetero) is 1. The third-order valence-corrected chi connectivity index (χ3v) is 9.39. The molecule has 4 fully saturated rings. The molecule has 24 heavy (non-hydrogen) atoms. The lowest BCUT2D eigenvalue weighted by Crippen LogP contribution is -2.57. The van der Waals surface area contributed by atoms with Gasteiger partial charge in [0, 0.05) is 12.8 Å². The standard InChI is InChI=1S/C22H36O2/c1-13(2)16-12-14-11-15(23)7-9-21(14,3)18-8-10-22(4)17(20(16)18)5-6-19(22)24/h13-14,16-20,24H,5-12H2,1-4H3/t14-,16+,17+,18+,19+,20+,21+,22+/m1/s1. The number of aliphatic hydroxyl groups excluding tert-OH is 1. The number of ketones is 1. The highest BCUT2D eigenvalue weighted by atomic mass is 16.3. The van der Waals surface area contributed by atoms with Crippen molar-refractivity contribution < 1.29 is 9.90 Å². The zero-order valence-electron chi connectivity index (χ0n) is 16.1. The maximum atomic E-state index is 12.1. The van der Waals surface area contributed by atoms with E-state index in [4.69, 9.17) is 0 Å². The van der Waals surface area contributed by atoms with Gasteiger partial charge in [-0.3, -0.25) is 4.79 Å². The summed E-state index contributed by atoms with van der Waals surface area (Å²) in [5.74, 6) is 4.82. The van der Waals surface area contributed by atoms with Crippen LogP contribution in [0, 0.1) is 46.3 Å². The van der Waals surface area contributed by atoms with Gasteiger partial charge in [0.05, 0.1) is 6.10 Å². The monoisotopic (exact) mass is 332 g/mol. The Balaban J connectivity index is 1.73. The van der Waals surface area contributed by atoms with Crippen LogP contribution < -0.4 is 0 Å². The molecular weight excluding hydrogens is 296 g/mol. The Hall–Kier alpha value is -0.370. The van der Waals surface area contributed by atoms with E-state index in [0.717, 1.165) is 43.4 Å². The average Bonchev–Trinajstić information content (AvgIpc) is 2.83. The van der Waals surface area contributed by atoms with Crippen LogP contribution in [0.2, 0.25) is 0 Å². The first-order chi connectivity index (χ1) is 11.3. The van der Waals surface area contributed by atoms with Crippen LogP contribution in [0.4, 0.5) is 0 Å². The van der Waals surface area contributed by atoms with Crippen LogP contribution in [0.5, 0.6) is 0 Å². The average molecular weight is 333 g/mol. The zero-order chi connectivity index (χ0) is 17.3. The molecule has 0 saturated heterocycles. The van der Waals surface area contributed by atoms with Crippen molar-refractivity contribution in [3.05, 3.63) is 0 Å². The minimum Gasteiger partial charge on any atom is -0.393 e. The molecule has 0 amide bonds. The molecular formula is C22H36O2. The van der Waals surface area contributed by atoms with Gasteiger partial charge in [0.2, 0.25) is 0 Å². The third kappa shape index (κ3) is 2.20. The fourth-order valence-corrected chi connectivity index (χ4v) is 7.80. The summed E-state index contributed by atoms with van der Waals surface area (Å²) in [5.41, 5.74) is 0.529. The maximum Gasteiger partial charge on any atom is 0.133 e. The smallest absolute Gasteiger partial charge is 0.133 e. The van der Waals surface area contributed by atoms with Gasteiger partial charge in [-0.25, -0.2) is 0 Å². The topological polar surface area (TPSA) is 37.3 Å². The normalized spacial score (nSPS) is 54.3. The van der Waals surface area contributed by atoms with Gasteiger partial charge in [0.15, 0.2) is 0 Å². The van der Waals surface area contributed by atoms with Crippen molar-refractivity contribution in [3.8, 4) is 0 Å². The molecule has 4 aliphatic rings. The lowest BCUT2D eigenvalue weighted by molar-refractivity contribution is -0.160. The SMILES string of the molecule is CC(C)[C@@H]1C[C@H]2CC(=O)CC[C@]2(C)[C@H]2CC[C@]3(C)[C@@H](O)CC[C@H]3[C@H]12. The van der Waals surface area contributed by atoms with Gasteiger partial charge in [0.1, 0.15) is 5.78 Å². The molecule has 4 aliphatic carbocycles. The van der Waals surface area contributed by atoms with E-state index in [1.807, 2.05) is 0 Å². The number of carbonyl (C=O) groups excluding carboxylic acids is 1. The Kier molecular flexibility index (Phi) is 3.95. The van der Waals surface area contributed by atoms with Gasteiger partial charge >= 0.3 is 0 Å². The van der Waals surface area contributed by atoms with Gasteiger partial charge in [0.25, 0.3) is 0 Å². The van der Waals surface area contributed by atoms with E-state index in [1.54, 1.807) is 0 Å². The van der Waals surface area contributed by atoms with E-state index >= 15 is 0 Å². The molecule has 136 valence electrons. The molecule has 0 spiro atoms. The Bertz CT molecular complexity index is 526. The van der Waals surface area contributed by atoms with Crippen LogP contribution in [0.25, 0.3) is 0 Å². The summed E-state index contributed by atoms with van der Waals surface area (Å²) in [6.07, 6.45) is 8.64. The van der Waals surface area contributed by atoms with Crippen molar-refractivity contribution >= 4 is 5.78 Å². The number of carbonyl (C=O) groups is 1. The van der Waals surface area contributed by atoms with Gasteiger partial charge < -0.3 is 5.11 Å². The number of fused-ring (bicyclic) bond motifs is 5. The summed E-state index contributed by atoms with van der Waals surface area (Å²) >= 11 is 0. The predicted octanol–water partition coefficient (Wildman–Crippen LogP) is 4.84. The largest absolute Gasteiger partial charge is 0.393 e. The summed E-state index contributed by atoms with van der Waals surface area (Å²) in [6, 6.07) is 0. The van der Waals surface area contributed by atoms with Crippen LogP contribution in [-0.2, 0) is 4.79 Å². The minimum absolute atomic E-state index is 0.0882. The van der Waals surface area contributed by atoms with E-state index in [2.05, 4.69) is 27.7 Å². The van der Waals surface area contributed by atoms with Crippen molar-refractivity contribution in [1.82, 2.24) is 0 Å². The van der Waals surface area contributed by atoms with E-state index in [-0.39, 0.29) is 11.5 Å². The minimum atomic E-state index is -0.0882. The Labute approximate surface area is 147 Å². The first kappa shape index (κ1) is 17.1. The van der Waals surface area contributed by atoms with Crippen LogP contribution in [0.15, 0.2) is 0 Å². The lowest BCUT2D eigenvalue weighted by Gasteiger charge is -2.63. The molecule has 0 aromatic heterocycles. The zero-order valence-corrected chi connectivity index (χ0v) is 16.1. The summed E-state index contributed by atoms with van der Waals surface area (Å²) < 4.78 is 0. The van der Waals surface area contributed by atoms with Gasteiger partial charge in [-0.1, -0.05) is 27.7 Å². The summed E-state index contributed by atoms with van der Waals surface area (Å²) in [6.45, 7) is 9.69. The summed E-state index contributed by atoms with van der Waals surface area (Å²) in [4.78, 5) is 12.1. The van der Waals surface area contributed by atoms with Crippen molar-refractivity contribution in [2.45, 2.75) is 85.2 Å². The molecule has 1 N–H and O–H groups in total. The fraction of sp³-hybridized carbons (Fsp3) is 0.955. The summed E-state index contributed by atoms with van der Waals surface area (Å²) in [7, 11) is 0. The Morgan fingerprint density at radius 2 is 1.75 bits per heavy atom. The second-order valence-electron chi connectivity index (χ2n) is 10.5. The fourth-order valence-electron chi connectivity index (χ4n) is 7.80. The third-order valence-electron chi connectivity index (χ3n) is 9.39. The highest BCUT2D eigenvalue weighted by Crippen LogP contribution is 2.68. The number of hydrogen-bond acceptors (Lipinski definition) is 2. The molecule has 0 aromatic rings. The summed E-state index contributed by atoms with van der Waals surface area (Å²) in [5, 5.41) is 10.7. The number of rotatable bonds is 1. The molecule has 0 aliphatic heterocycles. The van der Waals surface area contributed by atoms with Crippen LogP contribution >= 0.6 is 0 Å². The first-order valence-corrected chi connectivity index (χ1v) is 10.5. The lowest BCUT2D eigenvalue weighted by atomic mass is 9.42. The number of hydrogen-bond donors (Lipinski definition) is 1. The quantitative estimate of drug-likeness (QED) is 0.746. The Morgan fingerprint density at radius 3 is 2.46 bits per heavy atom. The first-order valence-electron chi connectivity index (χ1n) is 10.5. The highest BCUT2D eigenvalue weighted by molar-refractivity contribution is 5.79. The Morgan fingerprint density at radius 1 is 1.04 bits per heavy atom. The van der Waals surface area contributed by atoms with E-state index in [0.29, 0.717) is 29.0 Å². The highest BCUT2D eigenvalue weighted by Gasteiger charge is 2.62. The van der Waals surface area contributed by atoms with Crippen molar-refractivity contribution in [3.63, 3.8) is 0 Å².